The number of nitrogens with zero attached hydrogens (tertiary/aromatic N) is 1. The zero-order chi connectivity index (χ0) is 12.8. The summed E-state index contributed by atoms with van der Waals surface area (Å²) in [5.74, 6) is 3.56. The summed E-state index contributed by atoms with van der Waals surface area (Å²) in [6, 6.07) is 1.81. The van der Waals surface area contributed by atoms with Gasteiger partial charge >= 0.3 is 0 Å². The Labute approximate surface area is 107 Å². The first-order valence-corrected chi connectivity index (χ1v) is 7.01. The summed E-state index contributed by atoms with van der Waals surface area (Å²) in [7, 11) is 0. The Kier molecular flexibility index (Phi) is 6.02. The van der Waals surface area contributed by atoms with Crippen molar-refractivity contribution in [3.63, 3.8) is 0 Å². The molecule has 0 spiro atoms. The topological polar surface area (TPSA) is 15.3 Å². The number of hydrogen-bond acceptors (Lipinski definition) is 2. The predicted molar refractivity (Wildman–Crippen MR) is 74.9 cm³/mol. The van der Waals surface area contributed by atoms with Crippen LogP contribution in [-0.2, 0) is 0 Å². The van der Waals surface area contributed by atoms with Crippen LogP contribution in [0.2, 0.25) is 0 Å². The van der Waals surface area contributed by atoms with Crippen molar-refractivity contribution in [2.24, 2.45) is 5.92 Å². The standard InChI is InChI=1S/C15H28N2/c1-6-8-13(5)17-11-14(9-12(3)4)16-10-15(17)7-2/h1,12-16H,7-11H2,2-5H3. The minimum Gasteiger partial charge on any atom is -0.311 e. The monoisotopic (exact) mass is 236 g/mol. The van der Waals surface area contributed by atoms with E-state index in [1.807, 2.05) is 0 Å². The minimum absolute atomic E-state index is 0.515. The molecule has 1 N–H and O–H groups in total. The van der Waals surface area contributed by atoms with Gasteiger partial charge < -0.3 is 5.32 Å². The van der Waals surface area contributed by atoms with Crippen LogP contribution in [0.25, 0.3) is 0 Å². The van der Waals surface area contributed by atoms with Crippen molar-refractivity contribution in [1.82, 2.24) is 10.2 Å². The zero-order valence-electron chi connectivity index (χ0n) is 11.9. The summed E-state index contributed by atoms with van der Waals surface area (Å²) >= 11 is 0. The largest absolute Gasteiger partial charge is 0.311 e. The molecular formula is C15H28N2. The van der Waals surface area contributed by atoms with Crippen LogP contribution in [0.3, 0.4) is 0 Å². The quantitative estimate of drug-likeness (QED) is 0.738. The van der Waals surface area contributed by atoms with Gasteiger partial charge in [-0.25, -0.2) is 0 Å². The Hall–Kier alpha value is -0.520. The lowest BCUT2D eigenvalue weighted by Crippen LogP contribution is -2.58. The summed E-state index contributed by atoms with van der Waals surface area (Å²) in [6.07, 6.45) is 8.78. The van der Waals surface area contributed by atoms with Crippen molar-refractivity contribution in [3.8, 4) is 12.3 Å². The molecule has 3 atom stereocenters. The van der Waals surface area contributed by atoms with Gasteiger partial charge in [0.25, 0.3) is 0 Å². The molecule has 0 bridgehead atoms. The maximum Gasteiger partial charge on any atom is 0.0240 e. The molecule has 1 heterocycles. The molecule has 1 fully saturated rings. The fourth-order valence-electron chi connectivity index (χ4n) is 2.82. The van der Waals surface area contributed by atoms with Gasteiger partial charge in [-0.1, -0.05) is 20.8 Å². The van der Waals surface area contributed by atoms with Gasteiger partial charge in [-0.2, -0.15) is 0 Å². The van der Waals surface area contributed by atoms with E-state index in [-0.39, 0.29) is 0 Å². The summed E-state index contributed by atoms with van der Waals surface area (Å²) in [6.45, 7) is 11.4. The molecule has 0 amide bonds. The average molecular weight is 236 g/mol. The maximum absolute atomic E-state index is 5.45. The third-order valence-electron chi connectivity index (χ3n) is 3.75. The van der Waals surface area contributed by atoms with E-state index in [1.54, 1.807) is 0 Å². The van der Waals surface area contributed by atoms with E-state index in [0.717, 1.165) is 25.4 Å². The second kappa shape index (κ2) is 7.03. The first-order chi connectivity index (χ1) is 8.08. The van der Waals surface area contributed by atoms with Gasteiger partial charge in [-0.3, -0.25) is 4.90 Å². The normalized spacial score (nSPS) is 28.0. The smallest absolute Gasteiger partial charge is 0.0240 e. The van der Waals surface area contributed by atoms with Gasteiger partial charge in [-0.05, 0) is 25.7 Å². The Balaban J connectivity index is 2.58. The van der Waals surface area contributed by atoms with Crippen molar-refractivity contribution in [1.29, 1.82) is 0 Å². The molecule has 98 valence electrons. The average Bonchev–Trinajstić information content (AvgIpc) is 2.28. The van der Waals surface area contributed by atoms with Gasteiger partial charge in [0.05, 0.1) is 0 Å². The lowest BCUT2D eigenvalue weighted by molar-refractivity contribution is 0.0824. The van der Waals surface area contributed by atoms with Gasteiger partial charge in [0.1, 0.15) is 0 Å². The molecule has 2 nitrogen and oxygen atoms in total. The molecule has 1 aliphatic rings. The number of piperazine rings is 1. The lowest BCUT2D eigenvalue weighted by atomic mass is 9.97. The first kappa shape index (κ1) is 14.5. The van der Waals surface area contributed by atoms with Crippen molar-refractivity contribution < 1.29 is 0 Å². The van der Waals surface area contributed by atoms with E-state index < -0.39 is 0 Å². The Morgan fingerprint density at radius 2 is 2.12 bits per heavy atom. The van der Waals surface area contributed by atoms with Crippen LogP contribution in [0.1, 0.15) is 47.0 Å². The second-order valence-electron chi connectivity index (χ2n) is 5.75. The molecule has 17 heavy (non-hydrogen) atoms. The van der Waals surface area contributed by atoms with E-state index in [4.69, 9.17) is 6.42 Å². The van der Waals surface area contributed by atoms with Crippen LogP contribution < -0.4 is 5.32 Å². The number of rotatable bonds is 5. The predicted octanol–water partition coefficient (Wildman–Crippen LogP) is 2.50. The van der Waals surface area contributed by atoms with Crippen LogP contribution >= 0.6 is 0 Å². The van der Waals surface area contributed by atoms with Gasteiger partial charge in [0.2, 0.25) is 0 Å². The molecule has 0 aromatic carbocycles. The highest BCUT2D eigenvalue weighted by molar-refractivity contribution is 4.94. The Bertz CT molecular complexity index is 254. The van der Waals surface area contributed by atoms with Crippen LogP contribution in [0.15, 0.2) is 0 Å². The molecule has 0 aromatic rings. The van der Waals surface area contributed by atoms with Crippen molar-refractivity contribution >= 4 is 0 Å². The number of terminal acetylenes is 1. The van der Waals surface area contributed by atoms with Crippen LogP contribution in [0.4, 0.5) is 0 Å². The third kappa shape index (κ3) is 4.33. The summed E-state index contributed by atoms with van der Waals surface area (Å²) in [5.41, 5.74) is 0. The Morgan fingerprint density at radius 3 is 2.65 bits per heavy atom. The molecule has 1 aliphatic heterocycles. The van der Waals surface area contributed by atoms with Crippen LogP contribution in [-0.4, -0.2) is 36.1 Å². The number of nitrogens with one attached hydrogen (secondary N) is 1. The highest BCUT2D eigenvalue weighted by Crippen LogP contribution is 2.18. The SMILES string of the molecule is C#CCC(C)N1CC(CC(C)C)NCC1CC. The van der Waals surface area contributed by atoms with E-state index >= 15 is 0 Å². The molecule has 3 unspecified atom stereocenters. The van der Waals surface area contributed by atoms with Gasteiger partial charge in [0, 0.05) is 37.6 Å². The van der Waals surface area contributed by atoms with E-state index in [1.165, 1.54) is 12.8 Å². The molecule has 1 rings (SSSR count). The molecule has 0 aromatic heterocycles. The van der Waals surface area contributed by atoms with Crippen LogP contribution in [0.5, 0.6) is 0 Å². The minimum atomic E-state index is 0.515. The molecular weight excluding hydrogens is 208 g/mol. The second-order valence-corrected chi connectivity index (χ2v) is 5.75. The highest BCUT2D eigenvalue weighted by atomic mass is 15.2. The van der Waals surface area contributed by atoms with E-state index in [9.17, 15) is 0 Å². The van der Waals surface area contributed by atoms with Gasteiger partial charge in [0.15, 0.2) is 0 Å². The summed E-state index contributed by atoms with van der Waals surface area (Å²) in [4.78, 5) is 2.61. The molecule has 0 radical (unpaired) electrons. The molecule has 0 saturated carbocycles. The van der Waals surface area contributed by atoms with Crippen molar-refractivity contribution in [2.75, 3.05) is 13.1 Å². The molecule has 2 heteroatoms. The van der Waals surface area contributed by atoms with Crippen molar-refractivity contribution in [3.05, 3.63) is 0 Å². The molecule has 1 saturated heterocycles. The fourth-order valence-corrected chi connectivity index (χ4v) is 2.82. The fraction of sp³-hybridized carbons (Fsp3) is 0.867. The van der Waals surface area contributed by atoms with Crippen molar-refractivity contribution in [2.45, 2.75) is 65.1 Å². The summed E-state index contributed by atoms with van der Waals surface area (Å²) < 4.78 is 0. The Morgan fingerprint density at radius 1 is 1.41 bits per heavy atom. The third-order valence-corrected chi connectivity index (χ3v) is 3.75. The van der Waals surface area contributed by atoms with Gasteiger partial charge in [-0.15, -0.1) is 12.3 Å². The van der Waals surface area contributed by atoms with E-state index in [2.05, 4.69) is 43.8 Å². The maximum atomic E-state index is 5.45. The highest BCUT2D eigenvalue weighted by Gasteiger charge is 2.29. The summed E-state index contributed by atoms with van der Waals surface area (Å²) in [5, 5.41) is 3.69. The zero-order valence-corrected chi connectivity index (χ0v) is 11.9. The lowest BCUT2D eigenvalue weighted by Gasteiger charge is -2.43. The van der Waals surface area contributed by atoms with E-state index in [0.29, 0.717) is 18.1 Å². The molecule has 0 aliphatic carbocycles. The van der Waals surface area contributed by atoms with Crippen LogP contribution in [0, 0.1) is 18.3 Å². The first-order valence-electron chi connectivity index (χ1n) is 7.01. The number of hydrogen-bond donors (Lipinski definition) is 1.